The average molecular weight is 431 g/mol. The molecule has 0 heterocycles. The molecule has 3 N–H and O–H groups in total. The van der Waals surface area contributed by atoms with Crippen LogP contribution >= 0.6 is 0 Å². The third kappa shape index (κ3) is 7.24. The minimum absolute atomic E-state index is 0.116. The fourth-order valence-electron chi connectivity index (χ4n) is 3.99. The summed E-state index contributed by atoms with van der Waals surface area (Å²) < 4.78 is 0. The van der Waals surface area contributed by atoms with Crippen LogP contribution in [0.5, 0.6) is 5.75 Å². The number of benzene rings is 3. The quantitative estimate of drug-likeness (QED) is 0.392. The van der Waals surface area contributed by atoms with Crippen molar-refractivity contribution in [3.63, 3.8) is 0 Å². The van der Waals surface area contributed by atoms with Gasteiger partial charge in [0.15, 0.2) is 0 Å². The molecule has 0 aromatic heterocycles. The van der Waals surface area contributed by atoms with Gasteiger partial charge in [0.1, 0.15) is 5.75 Å². The Hall–Kier alpha value is -3.11. The molecule has 3 aromatic carbocycles. The molecule has 0 saturated carbocycles. The number of carbonyl (C=O) groups excluding carboxylic acids is 1. The lowest BCUT2D eigenvalue weighted by molar-refractivity contribution is -0.131. The maximum absolute atomic E-state index is 13.2. The monoisotopic (exact) mass is 430 g/mol. The second kappa shape index (κ2) is 12.7. The lowest BCUT2D eigenvalue weighted by Crippen LogP contribution is -2.36. The molecule has 1 amide bonds. The molecular formula is C28H34N2O2. The minimum atomic E-state index is 0.116. The number of amides is 1. The van der Waals surface area contributed by atoms with Crippen LogP contribution in [0, 0.1) is 0 Å². The van der Waals surface area contributed by atoms with Crippen LogP contribution < -0.4 is 5.73 Å². The van der Waals surface area contributed by atoms with E-state index in [-0.39, 0.29) is 17.6 Å². The lowest BCUT2D eigenvalue weighted by atomic mass is 9.90. The van der Waals surface area contributed by atoms with Gasteiger partial charge in [-0.1, -0.05) is 79.2 Å². The van der Waals surface area contributed by atoms with Crippen molar-refractivity contribution in [1.29, 1.82) is 0 Å². The van der Waals surface area contributed by atoms with Crippen LogP contribution in [0.1, 0.15) is 48.3 Å². The summed E-state index contributed by atoms with van der Waals surface area (Å²) in [5, 5.41) is 9.56. The zero-order chi connectivity index (χ0) is 22.6. The molecule has 0 fully saturated rings. The molecule has 0 unspecified atom stereocenters. The van der Waals surface area contributed by atoms with Crippen molar-refractivity contribution >= 4 is 5.91 Å². The van der Waals surface area contributed by atoms with Crippen LogP contribution in [-0.4, -0.2) is 35.5 Å². The molecule has 0 aliphatic heterocycles. The number of unbranched alkanes of at least 4 members (excludes halogenated alkanes) is 2. The molecule has 0 spiro atoms. The Bertz CT molecular complexity index is 887. The Labute approximate surface area is 191 Å². The maximum Gasteiger partial charge on any atom is 0.222 e. The molecule has 3 aromatic rings. The van der Waals surface area contributed by atoms with Gasteiger partial charge >= 0.3 is 0 Å². The van der Waals surface area contributed by atoms with E-state index in [4.69, 9.17) is 5.73 Å². The molecule has 0 aliphatic carbocycles. The minimum Gasteiger partial charge on any atom is -0.508 e. The lowest BCUT2D eigenvalue weighted by Gasteiger charge is -2.29. The molecular weight excluding hydrogens is 396 g/mol. The fourth-order valence-corrected chi connectivity index (χ4v) is 3.99. The van der Waals surface area contributed by atoms with Crippen molar-refractivity contribution in [3.8, 4) is 5.75 Å². The van der Waals surface area contributed by atoms with E-state index in [0.29, 0.717) is 26.1 Å². The van der Waals surface area contributed by atoms with Gasteiger partial charge in [-0.2, -0.15) is 0 Å². The van der Waals surface area contributed by atoms with Gasteiger partial charge < -0.3 is 15.7 Å². The third-order valence-corrected chi connectivity index (χ3v) is 5.86. The Morgan fingerprint density at radius 1 is 0.812 bits per heavy atom. The molecule has 4 heteroatoms. The SMILES string of the molecule is NCCCCCC(=O)N(CCc1ccc(O)cc1)CC(c1ccccc1)c1ccccc1. The zero-order valence-electron chi connectivity index (χ0n) is 18.7. The van der Waals surface area contributed by atoms with Crippen LogP contribution in [0.2, 0.25) is 0 Å². The largest absolute Gasteiger partial charge is 0.508 e. The van der Waals surface area contributed by atoms with Gasteiger partial charge in [-0.3, -0.25) is 4.79 Å². The highest BCUT2D eigenvalue weighted by molar-refractivity contribution is 5.76. The molecule has 168 valence electrons. The topological polar surface area (TPSA) is 66.6 Å². The van der Waals surface area contributed by atoms with E-state index in [9.17, 15) is 9.90 Å². The average Bonchev–Trinajstić information content (AvgIpc) is 2.84. The van der Waals surface area contributed by atoms with Gasteiger partial charge in [-0.25, -0.2) is 0 Å². The maximum atomic E-state index is 13.2. The van der Waals surface area contributed by atoms with Crippen molar-refractivity contribution in [1.82, 2.24) is 4.90 Å². The van der Waals surface area contributed by atoms with Crippen LogP contribution in [0.15, 0.2) is 84.9 Å². The highest BCUT2D eigenvalue weighted by Gasteiger charge is 2.21. The van der Waals surface area contributed by atoms with Crippen molar-refractivity contribution in [3.05, 3.63) is 102 Å². The van der Waals surface area contributed by atoms with Gasteiger partial charge in [0, 0.05) is 25.4 Å². The van der Waals surface area contributed by atoms with E-state index in [1.165, 1.54) is 11.1 Å². The Morgan fingerprint density at radius 2 is 1.41 bits per heavy atom. The van der Waals surface area contributed by atoms with E-state index in [1.54, 1.807) is 12.1 Å². The van der Waals surface area contributed by atoms with Gasteiger partial charge in [0.2, 0.25) is 5.91 Å². The summed E-state index contributed by atoms with van der Waals surface area (Å²) in [6, 6.07) is 28.1. The molecule has 0 radical (unpaired) electrons. The van der Waals surface area contributed by atoms with Gasteiger partial charge in [-0.05, 0) is 54.6 Å². The highest BCUT2D eigenvalue weighted by atomic mass is 16.3. The van der Waals surface area contributed by atoms with Crippen molar-refractivity contribution in [2.45, 2.75) is 38.0 Å². The van der Waals surface area contributed by atoms with E-state index >= 15 is 0 Å². The van der Waals surface area contributed by atoms with Crippen LogP contribution in [0.4, 0.5) is 0 Å². The zero-order valence-corrected chi connectivity index (χ0v) is 18.7. The number of phenolic OH excluding ortho intramolecular Hbond substituents is 1. The van der Waals surface area contributed by atoms with E-state index < -0.39 is 0 Å². The summed E-state index contributed by atoms with van der Waals surface area (Å²) in [4.78, 5) is 15.2. The number of nitrogens with two attached hydrogens (primary N) is 1. The van der Waals surface area contributed by atoms with Gasteiger partial charge in [-0.15, -0.1) is 0 Å². The number of hydrogen-bond acceptors (Lipinski definition) is 3. The first-order valence-electron chi connectivity index (χ1n) is 11.5. The summed E-state index contributed by atoms with van der Waals surface area (Å²) in [6.07, 6.45) is 4.11. The number of hydrogen-bond donors (Lipinski definition) is 2. The Kier molecular flexibility index (Phi) is 9.33. The summed E-state index contributed by atoms with van der Waals surface area (Å²) >= 11 is 0. The second-order valence-corrected chi connectivity index (χ2v) is 8.23. The smallest absolute Gasteiger partial charge is 0.222 e. The van der Waals surface area contributed by atoms with Crippen LogP contribution in [0.25, 0.3) is 0 Å². The summed E-state index contributed by atoms with van der Waals surface area (Å²) in [5.41, 5.74) is 9.14. The molecule has 3 rings (SSSR count). The molecule has 0 aliphatic rings. The predicted octanol–water partition coefficient (Wildman–Crippen LogP) is 5.11. The predicted molar refractivity (Wildman–Crippen MR) is 131 cm³/mol. The normalized spacial score (nSPS) is 10.9. The van der Waals surface area contributed by atoms with Gasteiger partial charge in [0.05, 0.1) is 0 Å². The van der Waals surface area contributed by atoms with Gasteiger partial charge in [0.25, 0.3) is 0 Å². The molecule has 0 atom stereocenters. The first kappa shape index (κ1) is 23.6. The standard InChI is InChI=1S/C28H34N2O2/c29-20-9-3-8-14-28(32)30(21-19-23-15-17-26(31)18-16-23)22-27(24-10-4-1-5-11-24)25-12-6-2-7-13-25/h1-2,4-7,10-13,15-18,27,31H,3,8-9,14,19-22,29H2. The number of aromatic hydroxyl groups is 1. The molecule has 32 heavy (non-hydrogen) atoms. The molecule has 0 bridgehead atoms. The first-order valence-corrected chi connectivity index (χ1v) is 11.5. The van der Waals surface area contributed by atoms with Crippen molar-refractivity contribution < 1.29 is 9.90 Å². The van der Waals surface area contributed by atoms with E-state index in [2.05, 4.69) is 48.5 Å². The Morgan fingerprint density at radius 3 is 1.97 bits per heavy atom. The van der Waals surface area contributed by atoms with Crippen LogP contribution in [0.3, 0.4) is 0 Å². The fraction of sp³-hybridized carbons (Fsp3) is 0.321. The molecule has 4 nitrogen and oxygen atoms in total. The number of carbonyl (C=O) groups is 1. The summed E-state index contributed by atoms with van der Waals surface area (Å²) in [6.45, 7) is 1.96. The number of phenols is 1. The van der Waals surface area contributed by atoms with E-state index in [1.807, 2.05) is 29.2 Å². The summed E-state index contributed by atoms with van der Waals surface area (Å²) in [5.74, 6) is 0.567. The third-order valence-electron chi connectivity index (χ3n) is 5.86. The number of rotatable bonds is 12. The van der Waals surface area contributed by atoms with E-state index in [0.717, 1.165) is 31.2 Å². The van der Waals surface area contributed by atoms with Crippen LogP contribution in [-0.2, 0) is 11.2 Å². The van der Waals surface area contributed by atoms with Crippen molar-refractivity contribution in [2.75, 3.05) is 19.6 Å². The first-order chi connectivity index (χ1) is 15.7. The highest BCUT2D eigenvalue weighted by Crippen LogP contribution is 2.26. The van der Waals surface area contributed by atoms with Crippen molar-refractivity contribution in [2.24, 2.45) is 5.73 Å². The summed E-state index contributed by atoms with van der Waals surface area (Å²) in [7, 11) is 0. The number of nitrogens with zero attached hydrogens (tertiary/aromatic N) is 1. The molecule has 0 saturated heterocycles. The Balaban J connectivity index is 1.78. The second-order valence-electron chi connectivity index (χ2n) is 8.23.